The Morgan fingerprint density at radius 1 is 1.48 bits per heavy atom. The largest absolute Gasteiger partial charge is 0.271 e. The Morgan fingerprint density at radius 3 is 3.19 bits per heavy atom. The van der Waals surface area contributed by atoms with Crippen molar-refractivity contribution < 1.29 is 4.79 Å². The number of carbonyl (C=O) groups excluding carboxylic acids is 1. The Hall–Kier alpha value is -2.24. The van der Waals surface area contributed by atoms with Gasteiger partial charge >= 0.3 is 0 Å². The van der Waals surface area contributed by atoms with E-state index in [1.165, 1.54) is 6.42 Å². The third-order valence-corrected chi connectivity index (χ3v) is 3.80. The maximum absolute atomic E-state index is 12.0. The molecular formula is C15H19N5O. The number of nitrogens with zero attached hydrogens (tertiary/aromatic N) is 4. The fraction of sp³-hybridized carbons (Fsp3) is 0.467. The van der Waals surface area contributed by atoms with Crippen molar-refractivity contribution in [3.8, 4) is 0 Å². The molecule has 1 amide bonds. The average Bonchev–Trinajstić information content (AvgIpc) is 2.89. The van der Waals surface area contributed by atoms with Gasteiger partial charge in [0.15, 0.2) is 0 Å². The third-order valence-electron chi connectivity index (χ3n) is 3.80. The molecule has 0 radical (unpaired) electrons. The average molecular weight is 285 g/mol. The van der Waals surface area contributed by atoms with E-state index >= 15 is 0 Å². The van der Waals surface area contributed by atoms with Crippen LogP contribution in [0.5, 0.6) is 0 Å². The lowest BCUT2D eigenvalue weighted by Crippen LogP contribution is -2.26. The van der Waals surface area contributed by atoms with Gasteiger partial charge in [0.05, 0.1) is 5.52 Å². The van der Waals surface area contributed by atoms with E-state index in [4.69, 9.17) is 0 Å². The second kappa shape index (κ2) is 6.03. The molecule has 1 atom stereocenters. The summed E-state index contributed by atoms with van der Waals surface area (Å²) in [6, 6.07) is 7.58. The lowest BCUT2D eigenvalue weighted by atomic mass is 9.89. The number of fused-ring (bicyclic) bond motifs is 1. The molecule has 1 aromatic carbocycles. The van der Waals surface area contributed by atoms with E-state index < -0.39 is 0 Å². The van der Waals surface area contributed by atoms with Gasteiger partial charge in [-0.1, -0.05) is 24.3 Å². The van der Waals surface area contributed by atoms with Gasteiger partial charge in [0.2, 0.25) is 0 Å². The van der Waals surface area contributed by atoms with E-state index in [1.54, 1.807) is 4.68 Å². The molecule has 21 heavy (non-hydrogen) atoms. The number of nitrogens with one attached hydrogen (secondary N) is 1. The molecule has 1 saturated carbocycles. The Morgan fingerprint density at radius 2 is 2.33 bits per heavy atom. The summed E-state index contributed by atoms with van der Waals surface area (Å²) in [7, 11) is 0. The minimum absolute atomic E-state index is 0.132. The fourth-order valence-corrected chi connectivity index (χ4v) is 2.71. The summed E-state index contributed by atoms with van der Waals surface area (Å²) >= 11 is 0. The second-order valence-corrected chi connectivity index (χ2v) is 5.65. The molecule has 1 aromatic heterocycles. The summed E-state index contributed by atoms with van der Waals surface area (Å²) in [6.45, 7) is 2.35. The fourth-order valence-electron chi connectivity index (χ4n) is 2.71. The highest BCUT2D eigenvalue weighted by atomic mass is 16.2. The van der Waals surface area contributed by atoms with Crippen LogP contribution in [0.25, 0.3) is 11.0 Å². The molecule has 6 nitrogen and oxygen atoms in total. The molecule has 1 aliphatic rings. The number of benzene rings is 1. The van der Waals surface area contributed by atoms with Crippen molar-refractivity contribution in [2.75, 3.05) is 0 Å². The van der Waals surface area contributed by atoms with Gasteiger partial charge in [0, 0.05) is 5.71 Å². The van der Waals surface area contributed by atoms with Crippen molar-refractivity contribution in [2.45, 2.75) is 39.2 Å². The highest BCUT2D eigenvalue weighted by Crippen LogP contribution is 2.20. The van der Waals surface area contributed by atoms with Gasteiger partial charge in [-0.25, -0.2) is 10.1 Å². The van der Waals surface area contributed by atoms with Crippen LogP contribution in [0.2, 0.25) is 0 Å². The molecule has 0 aliphatic heterocycles. The van der Waals surface area contributed by atoms with Gasteiger partial charge in [0.1, 0.15) is 12.1 Å². The first kappa shape index (κ1) is 13.7. The van der Waals surface area contributed by atoms with Crippen LogP contribution in [-0.2, 0) is 11.3 Å². The van der Waals surface area contributed by atoms with Crippen molar-refractivity contribution in [3.63, 3.8) is 0 Å². The molecule has 1 heterocycles. The molecule has 0 spiro atoms. The molecule has 1 N–H and O–H groups in total. The molecule has 0 bridgehead atoms. The Balaban J connectivity index is 1.63. The number of hydrogen-bond acceptors (Lipinski definition) is 4. The summed E-state index contributed by atoms with van der Waals surface area (Å²) in [5.74, 6) is 0.491. The molecule has 1 fully saturated rings. The van der Waals surface area contributed by atoms with E-state index in [1.807, 2.05) is 24.3 Å². The first-order valence-electron chi connectivity index (χ1n) is 7.35. The van der Waals surface area contributed by atoms with Gasteiger partial charge in [-0.2, -0.15) is 5.10 Å². The van der Waals surface area contributed by atoms with Crippen LogP contribution < -0.4 is 5.43 Å². The molecule has 110 valence electrons. The Bertz CT molecular complexity index is 676. The van der Waals surface area contributed by atoms with Crippen LogP contribution in [0.15, 0.2) is 29.4 Å². The topological polar surface area (TPSA) is 72.2 Å². The molecular weight excluding hydrogens is 266 g/mol. The standard InChI is InChI=1S/C15H19N5O/c1-11-5-4-6-12(9-11)16-18-15(21)10-20-14-8-3-2-7-13(14)17-19-20/h2-3,7-8,11H,4-6,9-10H2,1H3,(H,18,21)/b16-12-. The predicted octanol–water partition coefficient (Wildman–Crippen LogP) is 2.11. The zero-order valence-corrected chi connectivity index (χ0v) is 12.1. The summed E-state index contributed by atoms with van der Waals surface area (Å²) < 4.78 is 1.59. The number of hydrogen-bond donors (Lipinski definition) is 1. The predicted molar refractivity (Wildman–Crippen MR) is 80.7 cm³/mol. The van der Waals surface area contributed by atoms with E-state index in [0.717, 1.165) is 36.0 Å². The normalized spacial score (nSPS) is 20.8. The van der Waals surface area contributed by atoms with Crippen molar-refractivity contribution in [3.05, 3.63) is 24.3 Å². The number of rotatable bonds is 3. The van der Waals surface area contributed by atoms with Crippen LogP contribution in [0, 0.1) is 5.92 Å². The van der Waals surface area contributed by atoms with E-state index in [0.29, 0.717) is 5.92 Å². The molecule has 1 aliphatic carbocycles. The minimum atomic E-state index is -0.170. The number of aromatic nitrogens is 3. The minimum Gasteiger partial charge on any atom is -0.271 e. The number of carbonyl (C=O) groups is 1. The maximum atomic E-state index is 12.0. The monoisotopic (exact) mass is 285 g/mol. The lowest BCUT2D eigenvalue weighted by Gasteiger charge is -2.18. The molecule has 6 heteroatoms. The zero-order valence-electron chi connectivity index (χ0n) is 12.1. The van der Waals surface area contributed by atoms with Gasteiger partial charge < -0.3 is 0 Å². The number of para-hydroxylation sites is 1. The summed E-state index contributed by atoms with van der Waals surface area (Å²) in [4.78, 5) is 12.0. The van der Waals surface area contributed by atoms with Gasteiger partial charge in [-0.15, -0.1) is 5.10 Å². The molecule has 2 aromatic rings. The quantitative estimate of drug-likeness (QED) is 0.878. The van der Waals surface area contributed by atoms with E-state index in [-0.39, 0.29) is 12.5 Å². The third kappa shape index (κ3) is 3.26. The number of amides is 1. The molecule has 1 unspecified atom stereocenters. The highest BCUT2D eigenvalue weighted by Gasteiger charge is 2.14. The maximum Gasteiger partial charge on any atom is 0.261 e. The van der Waals surface area contributed by atoms with E-state index in [9.17, 15) is 4.79 Å². The van der Waals surface area contributed by atoms with Crippen LogP contribution >= 0.6 is 0 Å². The summed E-state index contributed by atoms with van der Waals surface area (Å²) in [5.41, 5.74) is 5.37. The lowest BCUT2D eigenvalue weighted by molar-refractivity contribution is -0.121. The smallest absolute Gasteiger partial charge is 0.261 e. The van der Waals surface area contributed by atoms with E-state index in [2.05, 4.69) is 27.8 Å². The van der Waals surface area contributed by atoms with Crippen LogP contribution in [0.1, 0.15) is 32.6 Å². The van der Waals surface area contributed by atoms with Crippen molar-refractivity contribution in [1.29, 1.82) is 0 Å². The highest BCUT2D eigenvalue weighted by molar-refractivity contribution is 5.87. The van der Waals surface area contributed by atoms with Crippen LogP contribution in [-0.4, -0.2) is 26.6 Å². The zero-order chi connectivity index (χ0) is 14.7. The van der Waals surface area contributed by atoms with Crippen molar-refractivity contribution in [1.82, 2.24) is 20.4 Å². The Kier molecular flexibility index (Phi) is 3.94. The SMILES string of the molecule is CC1CCC/C(=N/NC(=O)Cn2nnc3ccccc32)C1. The summed E-state index contributed by atoms with van der Waals surface area (Å²) in [5, 5.41) is 12.3. The van der Waals surface area contributed by atoms with Crippen molar-refractivity contribution >= 4 is 22.7 Å². The first-order valence-corrected chi connectivity index (χ1v) is 7.35. The number of hydrazone groups is 1. The molecule has 0 saturated heterocycles. The molecule has 3 rings (SSSR count). The second-order valence-electron chi connectivity index (χ2n) is 5.65. The Labute approximate surface area is 123 Å². The van der Waals surface area contributed by atoms with Crippen molar-refractivity contribution in [2.24, 2.45) is 11.0 Å². The van der Waals surface area contributed by atoms with Gasteiger partial charge in [0.25, 0.3) is 5.91 Å². The van der Waals surface area contributed by atoms with Crippen LogP contribution in [0.4, 0.5) is 0 Å². The van der Waals surface area contributed by atoms with Crippen LogP contribution in [0.3, 0.4) is 0 Å². The van der Waals surface area contributed by atoms with Gasteiger partial charge in [-0.3, -0.25) is 4.79 Å². The summed E-state index contributed by atoms with van der Waals surface area (Å²) in [6.07, 6.45) is 4.37. The van der Waals surface area contributed by atoms with Gasteiger partial charge in [-0.05, 0) is 43.7 Å². The first-order chi connectivity index (χ1) is 10.2.